The molecule has 0 aromatic heterocycles. The standard InChI is InChI=1S/C26H32N4O6S.C25H32N4O5S/c1-19(31)29-17-13-26(14-18-29,25(33)28-34)37(35,36)23-9-7-22(8-10-23)30-15-11-20(12-16-30)24(32)27-21-5-3-2-4-6-21;1-28-17-13-25(14-18-28,24(31)27-32)35(33,34)22-9-7-21(8-10-22)29-15-11-19(12-16-29)23(30)26-20-5-3-2-4-6-20/h2-10,20,34H,11-18H2,1H3,(H,27,32)(H,28,33);2-10,19,32H,11-18H2,1H3,(H,26,30)(H,27,31). The van der Waals surface area contributed by atoms with Gasteiger partial charge in [-0.1, -0.05) is 36.4 Å². The maximum absolute atomic E-state index is 13.6. The van der Waals surface area contributed by atoms with E-state index in [4.69, 9.17) is 0 Å². The van der Waals surface area contributed by atoms with Gasteiger partial charge in [0, 0.05) is 80.8 Å². The number of carbonyl (C=O) groups is 5. The lowest BCUT2D eigenvalue weighted by Gasteiger charge is -2.39. The Kier molecular flexibility index (Phi) is 17.1. The number of benzene rings is 4. The summed E-state index contributed by atoms with van der Waals surface area (Å²) in [6.07, 6.45) is 2.74. The number of hydrogen-bond acceptors (Lipinski definition) is 14. The van der Waals surface area contributed by atoms with Gasteiger partial charge in [0.2, 0.25) is 17.7 Å². The molecule has 72 heavy (non-hydrogen) atoms. The summed E-state index contributed by atoms with van der Waals surface area (Å²) in [7, 11) is -6.32. The number of carbonyl (C=O) groups excluding carboxylic acids is 5. The Morgan fingerprint density at radius 2 is 0.833 bits per heavy atom. The zero-order chi connectivity index (χ0) is 51.7. The van der Waals surface area contributed by atoms with Gasteiger partial charge in [-0.25, -0.2) is 27.8 Å². The molecule has 4 aliphatic rings. The monoisotopic (exact) mass is 1030 g/mol. The van der Waals surface area contributed by atoms with Crippen LogP contribution in [0.25, 0.3) is 0 Å². The maximum atomic E-state index is 13.6. The molecule has 4 aliphatic heterocycles. The highest BCUT2D eigenvalue weighted by Crippen LogP contribution is 2.39. The van der Waals surface area contributed by atoms with Crippen LogP contribution in [0.3, 0.4) is 0 Å². The predicted octanol–water partition coefficient (Wildman–Crippen LogP) is 4.49. The van der Waals surface area contributed by atoms with E-state index >= 15 is 0 Å². The molecule has 4 aromatic carbocycles. The average Bonchev–Trinajstić information content (AvgIpc) is 3.41. The first-order valence-electron chi connectivity index (χ1n) is 24.2. The van der Waals surface area contributed by atoms with Crippen LogP contribution < -0.4 is 31.4 Å². The summed E-state index contributed by atoms with van der Waals surface area (Å²) in [5, 5.41) is 24.5. The molecule has 0 radical (unpaired) electrons. The quantitative estimate of drug-likeness (QED) is 0.0846. The zero-order valence-electron chi connectivity index (χ0n) is 40.5. The highest BCUT2D eigenvalue weighted by molar-refractivity contribution is 7.94. The first-order valence-corrected chi connectivity index (χ1v) is 27.2. The molecule has 19 nitrogen and oxygen atoms in total. The molecular weight excluding hydrogens is 965 g/mol. The van der Waals surface area contributed by atoms with Crippen LogP contribution >= 0.6 is 0 Å². The lowest BCUT2D eigenvalue weighted by atomic mass is 9.95. The number of hydrogen-bond donors (Lipinski definition) is 6. The summed E-state index contributed by atoms with van der Waals surface area (Å²) in [6, 6.07) is 31.6. The Morgan fingerprint density at radius 1 is 0.500 bits per heavy atom. The second kappa shape index (κ2) is 23.0. The second-order valence-electron chi connectivity index (χ2n) is 18.9. The van der Waals surface area contributed by atoms with Gasteiger partial charge in [0.05, 0.1) is 9.79 Å². The molecule has 4 aromatic rings. The molecule has 0 atom stereocenters. The number of anilines is 4. The van der Waals surface area contributed by atoms with Crippen molar-refractivity contribution in [2.75, 3.05) is 79.8 Å². The first kappa shape index (κ1) is 53.4. The summed E-state index contributed by atoms with van der Waals surface area (Å²) in [5.41, 5.74) is 6.36. The van der Waals surface area contributed by atoms with Crippen molar-refractivity contribution >= 4 is 72.0 Å². The van der Waals surface area contributed by atoms with Crippen LogP contribution in [0, 0.1) is 11.8 Å². The number of amides is 5. The molecule has 6 N–H and O–H groups in total. The van der Waals surface area contributed by atoms with Crippen molar-refractivity contribution in [2.24, 2.45) is 11.8 Å². The highest BCUT2D eigenvalue weighted by Gasteiger charge is 2.54. The normalized spacial score (nSPS) is 18.7. The van der Waals surface area contributed by atoms with Gasteiger partial charge in [0.15, 0.2) is 29.2 Å². The fourth-order valence-corrected chi connectivity index (χ4v) is 14.0. The van der Waals surface area contributed by atoms with E-state index in [2.05, 4.69) is 20.4 Å². The molecule has 0 bridgehead atoms. The predicted molar refractivity (Wildman–Crippen MR) is 271 cm³/mol. The Morgan fingerprint density at radius 3 is 1.15 bits per heavy atom. The minimum atomic E-state index is -4.16. The number of nitrogens with one attached hydrogen (secondary N) is 4. The van der Waals surface area contributed by atoms with E-state index in [0.29, 0.717) is 65.0 Å². The molecule has 4 saturated heterocycles. The van der Waals surface area contributed by atoms with E-state index in [9.17, 15) is 51.2 Å². The number of hydroxylamine groups is 2. The van der Waals surface area contributed by atoms with Crippen LogP contribution in [0.2, 0.25) is 0 Å². The molecule has 0 saturated carbocycles. The maximum Gasteiger partial charge on any atom is 0.265 e. The van der Waals surface area contributed by atoms with Gasteiger partial charge in [-0.2, -0.15) is 0 Å². The highest BCUT2D eigenvalue weighted by atomic mass is 32.2. The van der Waals surface area contributed by atoms with Crippen LogP contribution in [0.1, 0.15) is 58.3 Å². The minimum absolute atomic E-state index is 0.00410. The Labute approximate surface area is 420 Å². The number of nitrogens with zero attached hydrogens (tertiary/aromatic N) is 4. The van der Waals surface area contributed by atoms with Crippen molar-refractivity contribution in [3.63, 3.8) is 0 Å². The molecule has 4 heterocycles. The average molecular weight is 1030 g/mol. The van der Waals surface area contributed by atoms with Crippen molar-refractivity contribution < 1.29 is 51.2 Å². The van der Waals surface area contributed by atoms with Crippen molar-refractivity contribution in [3.05, 3.63) is 109 Å². The third-order valence-corrected chi connectivity index (χ3v) is 19.7. The van der Waals surface area contributed by atoms with E-state index in [-0.39, 0.29) is 78.1 Å². The van der Waals surface area contributed by atoms with E-state index < -0.39 is 41.0 Å². The van der Waals surface area contributed by atoms with Crippen molar-refractivity contribution in [2.45, 2.75) is 77.6 Å². The fourth-order valence-electron chi connectivity index (χ4n) is 10.1. The molecule has 0 aliphatic carbocycles. The van der Waals surface area contributed by atoms with Crippen molar-refractivity contribution in [3.8, 4) is 0 Å². The van der Waals surface area contributed by atoms with Crippen LogP contribution in [0.5, 0.6) is 0 Å². The Balaban J connectivity index is 0.000000212. The molecule has 21 heteroatoms. The molecule has 4 fully saturated rings. The Hall–Kier alpha value is -6.39. The van der Waals surface area contributed by atoms with E-state index in [0.717, 1.165) is 22.7 Å². The summed E-state index contributed by atoms with van der Waals surface area (Å²) in [6.45, 7) is 5.15. The number of sulfone groups is 2. The molecule has 5 amide bonds. The fraction of sp³-hybridized carbons (Fsp3) is 0.431. The van der Waals surface area contributed by atoms with Crippen molar-refractivity contribution in [1.29, 1.82) is 0 Å². The van der Waals surface area contributed by atoms with Crippen LogP contribution in [-0.4, -0.2) is 135 Å². The van der Waals surface area contributed by atoms with E-state index in [1.54, 1.807) is 29.7 Å². The van der Waals surface area contributed by atoms with E-state index in [1.807, 2.05) is 72.6 Å². The van der Waals surface area contributed by atoms with Gasteiger partial charge in [-0.05, 0) is 144 Å². The number of piperidine rings is 4. The van der Waals surface area contributed by atoms with Crippen LogP contribution in [0.4, 0.5) is 22.7 Å². The zero-order valence-corrected chi connectivity index (χ0v) is 42.2. The van der Waals surface area contributed by atoms with Gasteiger partial charge in [-0.15, -0.1) is 0 Å². The van der Waals surface area contributed by atoms with Crippen molar-refractivity contribution in [1.82, 2.24) is 20.8 Å². The molecule has 0 spiro atoms. The molecular formula is C51H64N8O11S2. The molecule has 386 valence electrons. The number of rotatable bonds is 12. The van der Waals surface area contributed by atoms with Gasteiger partial charge in [0.25, 0.3) is 11.8 Å². The van der Waals surface area contributed by atoms with Gasteiger partial charge >= 0.3 is 0 Å². The lowest BCUT2D eigenvalue weighted by molar-refractivity contribution is -0.136. The number of likely N-dealkylation sites (tertiary alicyclic amines) is 2. The number of para-hydroxylation sites is 2. The summed E-state index contributed by atoms with van der Waals surface area (Å²) < 4.78 is 50.7. The first-order chi connectivity index (χ1) is 34.4. The van der Waals surface area contributed by atoms with Gasteiger partial charge < -0.3 is 30.2 Å². The van der Waals surface area contributed by atoms with E-state index in [1.165, 1.54) is 41.6 Å². The topological polar surface area (TPSA) is 255 Å². The van der Waals surface area contributed by atoms with Crippen LogP contribution in [-0.2, 0) is 43.6 Å². The summed E-state index contributed by atoms with van der Waals surface area (Å²) >= 11 is 0. The van der Waals surface area contributed by atoms with Gasteiger partial charge in [0.1, 0.15) is 0 Å². The largest absolute Gasteiger partial charge is 0.371 e. The summed E-state index contributed by atoms with van der Waals surface area (Å²) in [4.78, 5) is 69.8. The SMILES string of the molecule is CC(=O)N1CCC(C(=O)NO)(S(=O)(=O)c2ccc(N3CCC(C(=O)Nc4ccccc4)CC3)cc2)CC1.CN1CCC(C(=O)NO)(S(=O)(=O)c2ccc(N3CCC(C(=O)Nc4ccccc4)CC3)cc2)CC1. The third-order valence-electron chi connectivity index (χ3n) is 14.7. The Bertz CT molecular complexity index is 2750. The molecule has 8 rings (SSSR count). The van der Waals surface area contributed by atoms with Gasteiger partial charge in [-0.3, -0.25) is 34.4 Å². The second-order valence-corrected chi connectivity index (χ2v) is 23.4. The third kappa shape index (κ3) is 11.4. The smallest absolute Gasteiger partial charge is 0.265 e. The summed E-state index contributed by atoms with van der Waals surface area (Å²) in [5.74, 6) is -2.23. The lowest BCUT2D eigenvalue weighted by Crippen LogP contribution is -2.58. The minimum Gasteiger partial charge on any atom is -0.371 e. The van der Waals surface area contributed by atoms with Crippen LogP contribution in [0.15, 0.2) is 119 Å². The molecule has 0 unspecified atom stereocenters.